The maximum absolute atomic E-state index is 13.8. The number of ether oxygens (including phenoxy) is 4. The zero-order valence-electron chi connectivity index (χ0n) is 27.6. The molecule has 9 rings (SSSR count). The molecule has 18 heteroatoms. The largest absolute Gasteiger partial charge is 0.508 e. The molecule has 0 aliphatic carbocycles. The van der Waals surface area contributed by atoms with Crippen LogP contribution in [0.5, 0.6) is 92.0 Å². The van der Waals surface area contributed by atoms with Gasteiger partial charge in [0.25, 0.3) is 0 Å². The molecular formula is C37H28O18. The van der Waals surface area contributed by atoms with Crippen LogP contribution in [0, 0.1) is 0 Å². The Balaban J connectivity index is 1.47. The van der Waals surface area contributed by atoms with E-state index in [1.807, 2.05) is 0 Å². The van der Waals surface area contributed by atoms with Gasteiger partial charge in [0.1, 0.15) is 46.7 Å². The van der Waals surface area contributed by atoms with Crippen molar-refractivity contribution < 1.29 is 90.1 Å². The minimum absolute atomic E-state index is 0.123. The van der Waals surface area contributed by atoms with Crippen LogP contribution >= 0.6 is 0 Å². The van der Waals surface area contributed by atoms with Crippen LogP contribution in [0.4, 0.5) is 0 Å². The maximum atomic E-state index is 13.8. The molecule has 4 heterocycles. The second kappa shape index (κ2) is 12.0. The van der Waals surface area contributed by atoms with Crippen LogP contribution in [-0.4, -0.2) is 84.6 Å². The summed E-state index contributed by atoms with van der Waals surface area (Å²) in [6.45, 7) is 0. The Labute approximate surface area is 306 Å². The van der Waals surface area contributed by atoms with Gasteiger partial charge in [-0.3, -0.25) is 0 Å². The molecular weight excluding hydrogens is 732 g/mol. The van der Waals surface area contributed by atoms with E-state index in [0.717, 1.165) is 48.5 Å². The second-order valence-corrected chi connectivity index (χ2v) is 13.1. The van der Waals surface area contributed by atoms with Crippen LogP contribution in [0.1, 0.15) is 56.3 Å². The summed E-state index contributed by atoms with van der Waals surface area (Å²) in [6, 6.07) is 7.19. The number of hydrogen-bond donors (Lipinski definition) is 13. The molecule has 0 spiro atoms. The highest BCUT2D eigenvalue weighted by molar-refractivity contribution is 5.91. The summed E-state index contributed by atoms with van der Waals surface area (Å²) in [5, 5.41) is 141. The van der Waals surface area contributed by atoms with Gasteiger partial charge in [0.2, 0.25) is 17.2 Å². The van der Waals surface area contributed by atoms with E-state index in [1.165, 1.54) is 0 Å². The van der Waals surface area contributed by atoms with Gasteiger partial charge in [0.15, 0.2) is 52.5 Å². The SMILES string of the molecule is O=C1OC2Cc3c(O)cc(O)c(c3OC2c2cc(O)c(O)c(O)c2)C2c3c(O)cc(O)cc3OC(c3cc(O)c(O)c(O)c3Oc3cc1cc(O)c3O)C2O. The first kappa shape index (κ1) is 34.6. The Kier molecular flexibility index (Phi) is 7.57. The molecule has 5 atom stereocenters. The normalized spacial score (nSPS) is 21.0. The zero-order chi connectivity index (χ0) is 39.4. The fraction of sp³-hybridized carbons (Fsp3) is 0.162. The average molecular weight is 761 g/mol. The Hall–Kier alpha value is -7.47. The lowest BCUT2D eigenvalue weighted by Crippen LogP contribution is -2.38. The summed E-state index contributed by atoms with van der Waals surface area (Å²) in [6.07, 6.45) is -7.35. The van der Waals surface area contributed by atoms with E-state index in [-0.39, 0.29) is 33.8 Å². The summed E-state index contributed by atoms with van der Waals surface area (Å²) in [5.41, 5.74) is -1.82. The third-order valence-corrected chi connectivity index (χ3v) is 9.72. The van der Waals surface area contributed by atoms with Crippen molar-refractivity contribution in [2.45, 2.75) is 36.8 Å². The maximum Gasteiger partial charge on any atom is 0.338 e. The van der Waals surface area contributed by atoms with Crippen LogP contribution in [0.15, 0.2) is 48.5 Å². The van der Waals surface area contributed by atoms with E-state index in [9.17, 15) is 71.2 Å². The molecule has 18 nitrogen and oxygen atoms in total. The standard InChI is InChI=1S/C37H28O18/c38-12-5-16(40)25-22(6-12)52-35-14-7-21(45)30(48)32(50)36(14)53-23-4-11(3-20(44)29(23)47)37(51)54-24-8-13-15(39)9-17(41)26(27(25)31(35)49)34(13)55-33(24)10-1-18(42)28(46)19(43)2-10/h1-7,9,24,27,31,33,35,38-50H,8H2. The smallest absolute Gasteiger partial charge is 0.338 e. The number of phenolic OH excluding ortho intramolecular Hbond substituents is 12. The van der Waals surface area contributed by atoms with Gasteiger partial charge in [-0.1, -0.05) is 0 Å². The molecule has 0 radical (unpaired) electrons. The first-order chi connectivity index (χ1) is 26.0. The summed E-state index contributed by atoms with van der Waals surface area (Å²) in [5.74, 6) is -15.5. The molecule has 4 aliphatic heterocycles. The van der Waals surface area contributed by atoms with Crippen LogP contribution in [0.2, 0.25) is 0 Å². The number of esters is 1. The molecule has 4 aliphatic rings. The van der Waals surface area contributed by atoms with Crippen molar-refractivity contribution >= 4 is 5.97 Å². The molecule has 284 valence electrons. The van der Waals surface area contributed by atoms with Crippen molar-refractivity contribution in [3.05, 3.63) is 81.9 Å². The topological polar surface area (TPSA) is 317 Å². The molecule has 0 fully saturated rings. The molecule has 55 heavy (non-hydrogen) atoms. The number of hydrogen-bond acceptors (Lipinski definition) is 18. The minimum Gasteiger partial charge on any atom is -0.508 e. The van der Waals surface area contributed by atoms with E-state index < -0.39 is 134 Å². The molecule has 0 saturated heterocycles. The predicted molar refractivity (Wildman–Crippen MR) is 180 cm³/mol. The highest BCUT2D eigenvalue weighted by Crippen LogP contribution is 2.60. The fourth-order valence-electron chi connectivity index (χ4n) is 7.20. The van der Waals surface area contributed by atoms with Gasteiger partial charge >= 0.3 is 5.97 Å². The van der Waals surface area contributed by atoms with Gasteiger partial charge in [-0.05, 0) is 30.3 Å². The van der Waals surface area contributed by atoms with Crippen molar-refractivity contribution in [2.75, 3.05) is 0 Å². The Morgan fingerprint density at radius 1 is 0.527 bits per heavy atom. The van der Waals surface area contributed by atoms with E-state index >= 15 is 0 Å². The van der Waals surface area contributed by atoms with Gasteiger partial charge in [-0.15, -0.1) is 0 Å². The molecule has 5 unspecified atom stereocenters. The first-order valence-electron chi connectivity index (χ1n) is 16.2. The number of benzene rings is 5. The number of aliphatic hydroxyl groups excluding tert-OH is 1. The number of fused-ring (bicyclic) bond motifs is 3. The van der Waals surface area contributed by atoms with Crippen molar-refractivity contribution in [3.8, 4) is 92.0 Å². The molecule has 0 saturated carbocycles. The van der Waals surface area contributed by atoms with Gasteiger partial charge in [-0.2, -0.15) is 0 Å². The van der Waals surface area contributed by atoms with E-state index in [2.05, 4.69) is 0 Å². The molecule has 0 aromatic heterocycles. The van der Waals surface area contributed by atoms with Gasteiger partial charge < -0.3 is 85.3 Å². The first-order valence-corrected chi connectivity index (χ1v) is 16.2. The number of aromatic hydroxyl groups is 12. The number of rotatable bonds is 1. The Bertz CT molecular complexity index is 2450. The summed E-state index contributed by atoms with van der Waals surface area (Å²) in [4.78, 5) is 13.8. The van der Waals surface area contributed by atoms with Gasteiger partial charge in [-0.25, -0.2) is 4.79 Å². The van der Waals surface area contributed by atoms with Gasteiger partial charge in [0, 0.05) is 52.4 Å². The van der Waals surface area contributed by atoms with Crippen molar-refractivity contribution in [1.29, 1.82) is 0 Å². The monoisotopic (exact) mass is 760 g/mol. The van der Waals surface area contributed by atoms with E-state index in [1.54, 1.807) is 0 Å². The fourth-order valence-corrected chi connectivity index (χ4v) is 7.20. The second-order valence-electron chi connectivity index (χ2n) is 13.1. The molecule has 13 N–H and O–H groups in total. The average Bonchev–Trinajstić information content (AvgIpc) is 3.12. The molecule has 8 bridgehead atoms. The quantitative estimate of drug-likeness (QED) is 0.0853. The number of aliphatic hydroxyl groups is 1. The van der Waals surface area contributed by atoms with Crippen molar-refractivity contribution in [2.24, 2.45) is 0 Å². The lowest BCUT2D eigenvalue weighted by atomic mass is 9.77. The van der Waals surface area contributed by atoms with Crippen LogP contribution in [-0.2, 0) is 11.2 Å². The summed E-state index contributed by atoms with van der Waals surface area (Å²) >= 11 is 0. The Morgan fingerprint density at radius 3 is 1.89 bits per heavy atom. The van der Waals surface area contributed by atoms with Crippen LogP contribution in [0.3, 0.4) is 0 Å². The summed E-state index contributed by atoms with van der Waals surface area (Å²) in [7, 11) is 0. The Morgan fingerprint density at radius 2 is 1.18 bits per heavy atom. The third kappa shape index (κ3) is 5.25. The minimum atomic E-state index is -2.02. The highest BCUT2D eigenvalue weighted by Gasteiger charge is 2.48. The predicted octanol–water partition coefficient (Wildman–Crippen LogP) is 3.79. The molecule has 0 amide bonds. The van der Waals surface area contributed by atoms with Crippen molar-refractivity contribution in [1.82, 2.24) is 0 Å². The summed E-state index contributed by atoms with van der Waals surface area (Å²) < 4.78 is 23.9. The van der Waals surface area contributed by atoms with E-state index in [4.69, 9.17) is 18.9 Å². The lowest BCUT2D eigenvalue weighted by molar-refractivity contribution is -0.0212. The molecule has 5 aromatic carbocycles. The molecule has 5 aromatic rings. The van der Waals surface area contributed by atoms with Crippen molar-refractivity contribution in [3.63, 3.8) is 0 Å². The number of carbonyl (C=O) groups is 1. The number of carbonyl (C=O) groups excluding carboxylic acids is 1. The van der Waals surface area contributed by atoms with Crippen LogP contribution in [0.25, 0.3) is 0 Å². The highest BCUT2D eigenvalue weighted by atomic mass is 16.6. The lowest BCUT2D eigenvalue weighted by Gasteiger charge is -2.41. The zero-order valence-corrected chi connectivity index (χ0v) is 27.6. The van der Waals surface area contributed by atoms with Gasteiger partial charge in [0.05, 0.1) is 11.5 Å². The van der Waals surface area contributed by atoms with Crippen LogP contribution < -0.4 is 14.2 Å². The van der Waals surface area contributed by atoms with E-state index in [0.29, 0.717) is 0 Å². The number of phenols is 12. The third-order valence-electron chi connectivity index (χ3n) is 9.72.